The van der Waals surface area contributed by atoms with Gasteiger partial charge in [-0.15, -0.1) is 0 Å². The molecule has 1 aromatic heterocycles. The number of aliphatic hydroxyl groups excluding tert-OH is 1. The highest BCUT2D eigenvalue weighted by Crippen LogP contribution is 2.36. The highest BCUT2D eigenvalue weighted by molar-refractivity contribution is 6.30. The molecule has 146 valence electrons. The summed E-state index contributed by atoms with van der Waals surface area (Å²) in [6, 6.07) is 10.0. The summed E-state index contributed by atoms with van der Waals surface area (Å²) in [7, 11) is 0. The summed E-state index contributed by atoms with van der Waals surface area (Å²) in [5.74, 6) is -0.908. The fourth-order valence-corrected chi connectivity index (χ4v) is 4.03. The molecule has 0 aliphatic carbocycles. The van der Waals surface area contributed by atoms with Crippen molar-refractivity contribution in [2.45, 2.75) is 38.3 Å². The van der Waals surface area contributed by atoms with E-state index >= 15 is 0 Å². The van der Waals surface area contributed by atoms with Crippen LogP contribution in [-0.2, 0) is 17.8 Å². The van der Waals surface area contributed by atoms with Gasteiger partial charge < -0.3 is 15.1 Å². The summed E-state index contributed by atoms with van der Waals surface area (Å²) in [4.78, 5) is 14.2. The molecule has 1 aromatic carbocycles. The molecule has 0 bridgehead atoms. The first-order chi connectivity index (χ1) is 13.0. The Labute approximate surface area is 164 Å². The molecular formula is C20H26ClN3O3. The maximum atomic E-state index is 12.1. The lowest BCUT2D eigenvalue weighted by Crippen LogP contribution is -2.56. The number of piperidine rings is 1. The molecule has 1 aliphatic rings. The minimum atomic E-state index is -1.12. The molecule has 0 amide bonds. The zero-order chi connectivity index (χ0) is 19.3. The van der Waals surface area contributed by atoms with Crippen LogP contribution in [-0.4, -0.2) is 56.6 Å². The second-order valence-electron chi connectivity index (χ2n) is 7.30. The number of halogens is 1. The standard InChI is InChI=1S/C20H26ClN3O3/c21-17-13-22-24(14-17)12-11-23-10-8-18(25)20(15-23,19(26)27)9-4-7-16-5-2-1-3-6-16/h1-3,5-6,13-14,18,25H,4,7-12,15H2,(H,26,27)/t18-,20+/m0/s1. The third-order valence-corrected chi connectivity index (χ3v) is 5.66. The van der Waals surface area contributed by atoms with Gasteiger partial charge in [-0.05, 0) is 31.2 Å². The summed E-state index contributed by atoms with van der Waals surface area (Å²) >= 11 is 5.89. The van der Waals surface area contributed by atoms with Crippen molar-refractivity contribution in [3.05, 3.63) is 53.3 Å². The van der Waals surface area contributed by atoms with Gasteiger partial charge in [-0.3, -0.25) is 9.48 Å². The van der Waals surface area contributed by atoms with E-state index in [1.54, 1.807) is 17.1 Å². The fourth-order valence-electron chi connectivity index (χ4n) is 3.88. The quantitative estimate of drug-likeness (QED) is 0.723. The average molecular weight is 392 g/mol. The average Bonchev–Trinajstić information content (AvgIpc) is 3.08. The summed E-state index contributed by atoms with van der Waals surface area (Å²) in [6.07, 6.45) is 5.00. The maximum absolute atomic E-state index is 12.1. The van der Waals surface area contributed by atoms with Crippen LogP contribution in [0, 0.1) is 5.41 Å². The van der Waals surface area contributed by atoms with Gasteiger partial charge in [0, 0.05) is 25.8 Å². The Hall–Kier alpha value is -1.89. The van der Waals surface area contributed by atoms with E-state index in [0.29, 0.717) is 44.0 Å². The van der Waals surface area contributed by atoms with Crippen LogP contribution in [0.1, 0.15) is 24.8 Å². The SMILES string of the molecule is O=C(O)[C@]1(CCCc2ccccc2)CN(CCn2cc(Cl)cn2)CC[C@@H]1O. The number of rotatable bonds is 8. The molecule has 0 radical (unpaired) electrons. The van der Waals surface area contributed by atoms with E-state index in [9.17, 15) is 15.0 Å². The van der Waals surface area contributed by atoms with E-state index in [1.807, 2.05) is 30.3 Å². The van der Waals surface area contributed by atoms with Crippen molar-refractivity contribution in [2.24, 2.45) is 5.41 Å². The van der Waals surface area contributed by atoms with Crippen molar-refractivity contribution in [3.63, 3.8) is 0 Å². The Morgan fingerprint density at radius 3 is 2.74 bits per heavy atom. The Kier molecular flexibility index (Phi) is 6.52. The van der Waals surface area contributed by atoms with Gasteiger partial charge in [0.05, 0.1) is 23.9 Å². The predicted octanol–water partition coefficient (Wildman–Crippen LogP) is 2.70. The summed E-state index contributed by atoms with van der Waals surface area (Å²) < 4.78 is 1.76. The van der Waals surface area contributed by atoms with Crippen molar-refractivity contribution in [1.82, 2.24) is 14.7 Å². The lowest BCUT2D eigenvalue weighted by molar-refractivity contribution is -0.164. The summed E-state index contributed by atoms with van der Waals surface area (Å²) in [6.45, 7) is 2.36. The molecular weight excluding hydrogens is 366 g/mol. The van der Waals surface area contributed by atoms with Gasteiger partial charge in [0.1, 0.15) is 5.41 Å². The Morgan fingerprint density at radius 2 is 2.07 bits per heavy atom. The summed E-state index contributed by atoms with van der Waals surface area (Å²) in [5.41, 5.74) is 0.0742. The molecule has 2 aromatic rings. The van der Waals surface area contributed by atoms with Crippen LogP contribution in [0.4, 0.5) is 0 Å². The lowest BCUT2D eigenvalue weighted by atomic mass is 9.73. The first-order valence-electron chi connectivity index (χ1n) is 9.35. The van der Waals surface area contributed by atoms with Gasteiger partial charge in [-0.2, -0.15) is 5.10 Å². The first kappa shape index (κ1) is 19.9. The molecule has 3 rings (SSSR count). The molecule has 6 nitrogen and oxygen atoms in total. The fraction of sp³-hybridized carbons (Fsp3) is 0.500. The number of benzene rings is 1. The van der Waals surface area contributed by atoms with Gasteiger partial charge in [-0.1, -0.05) is 41.9 Å². The predicted molar refractivity (Wildman–Crippen MR) is 104 cm³/mol. The minimum Gasteiger partial charge on any atom is -0.481 e. The Bertz CT molecular complexity index is 752. The van der Waals surface area contributed by atoms with E-state index in [-0.39, 0.29) is 0 Å². The number of aliphatic hydroxyl groups is 1. The van der Waals surface area contributed by atoms with Crippen LogP contribution < -0.4 is 0 Å². The first-order valence-corrected chi connectivity index (χ1v) is 9.73. The number of aliphatic carboxylic acids is 1. The van der Waals surface area contributed by atoms with E-state index in [0.717, 1.165) is 12.8 Å². The largest absolute Gasteiger partial charge is 0.481 e. The van der Waals surface area contributed by atoms with Crippen LogP contribution in [0.3, 0.4) is 0 Å². The number of nitrogens with zero attached hydrogens (tertiary/aromatic N) is 3. The van der Waals surface area contributed by atoms with Gasteiger partial charge in [0.25, 0.3) is 0 Å². The van der Waals surface area contributed by atoms with Crippen molar-refractivity contribution in [1.29, 1.82) is 0 Å². The zero-order valence-electron chi connectivity index (χ0n) is 15.3. The monoisotopic (exact) mass is 391 g/mol. The van der Waals surface area contributed by atoms with E-state index < -0.39 is 17.5 Å². The van der Waals surface area contributed by atoms with Crippen molar-refractivity contribution >= 4 is 17.6 Å². The molecule has 1 saturated heterocycles. The molecule has 1 fully saturated rings. The number of carboxylic acids is 1. The van der Waals surface area contributed by atoms with E-state index in [1.165, 1.54) is 5.56 Å². The normalized spacial score (nSPS) is 23.4. The molecule has 2 N–H and O–H groups in total. The van der Waals surface area contributed by atoms with Crippen LogP contribution in [0.25, 0.3) is 0 Å². The number of hydrogen-bond donors (Lipinski definition) is 2. The van der Waals surface area contributed by atoms with Crippen LogP contribution in [0.15, 0.2) is 42.7 Å². The highest BCUT2D eigenvalue weighted by Gasteiger charge is 2.48. The zero-order valence-corrected chi connectivity index (χ0v) is 16.1. The maximum Gasteiger partial charge on any atom is 0.313 e. The van der Waals surface area contributed by atoms with Crippen LogP contribution in [0.2, 0.25) is 5.02 Å². The number of carboxylic acid groups (broad SMARTS) is 1. The van der Waals surface area contributed by atoms with Crippen LogP contribution >= 0.6 is 11.6 Å². The van der Waals surface area contributed by atoms with Gasteiger partial charge in [0.15, 0.2) is 0 Å². The Morgan fingerprint density at radius 1 is 1.30 bits per heavy atom. The number of carbonyl (C=O) groups is 1. The molecule has 0 saturated carbocycles. The number of likely N-dealkylation sites (tertiary alicyclic amines) is 1. The second-order valence-corrected chi connectivity index (χ2v) is 7.74. The smallest absolute Gasteiger partial charge is 0.313 e. The third-order valence-electron chi connectivity index (χ3n) is 5.47. The number of aryl methyl sites for hydroxylation is 1. The Balaban J connectivity index is 1.61. The molecule has 27 heavy (non-hydrogen) atoms. The lowest BCUT2D eigenvalue weighted by Gasteiger charge is -2.43. The van der Waals surface area contributed by atoms with Crippen molar-refractivity contribution in [3.8, 4) is 0 Å². The van der Waals surface area contributed by atoms with E-state index in [2.05, 4.69) is 10.00 Å². The number of aromatic nitrogens is 2. The molecule has 2 atom stereocenters. The van der Waals surface area contributed by atoms with Crippen molar-refractivity contribution < 1.29 is 15.0 Å². The molecule has 0 unspecified atom stereocenters. The highest BCUT2D eigenvalue weighted by atomic mass is 35.5. The number of hydrogen-bond acceptors (Lipinski definition) is 4. The third kappa shape index (κ3) is 4.89. The van der Waals surface area contributed by atoms with Gasteiger partial charge in [-0.25, -0.2) is 0 Å². The molecule has 1 aliphatic heterocycles. The van der Waals surface area contributed by atoms with Gasteiger partial charge >= 0.3 is 5.97 Å². The van der Waals surface area contributed by atoms with Crippen LogP contribution in [0.5, 0.6) is 0 Å². The van der Waals surface area contributed by atoms with Crippen molar-refractivity contribution in [2.75, 3.05) is 19.6 Å². The molecule has 0 spiro atoms. The minimum absolute atomic E-state index is 0.354. The van der Waals surface area contributed by atoms with E-state index in [4.69, 9.17) is 11.6 Å². The molecule has 7 heteroatoms. The second kappa shape index (κ2) is 8.87. The topological polar surface area (TPSA) is 78.6 Å². The van der Waals surface area contributed by atoms with Gasteiger partial charge in [0.2, 0.25) is 0 Å². The summed E-state index contributed by atoms with van der Waals surface area (Å²) in [5, 5.41) is 25.2. The molecule has 2 heterocycles.